The van der Waals surface area contributed by atoms with Gasteiger partial charge in [0.1, 0.15) is 5.75 Å². The maximum Gasteiger partial charge on any atom is 0.573 e. The molecule has 2 unspecified atom stereocenters. The molecule has 106 valence electrons. The van der Waals surface area contributed by atoms with Crippen LogP contribution in [0.3, 0.4) is 0 Å². The van der Waals surface area contributed by atoms with E-state index >= 15 is 0 Å². The number of benzene rings is 1. The molecule has 2 rings (SSSR count). The average molecular weight is 274 g/mol. The van der Waals surface area contributed by atoms with Crippen LogP contribution in [0, 0.1) is 5.41 Å². The van der Waals surface area contributed by atoms with Crippen molar-refractivity contribution in [1.82, 2.24) is 0 Å². The van der Waals surface area contributed by atoms with E-state index in [4.69, 9.17) is 0 Å². The van der Waals surface area contributed by atoms with Gasteiger partial charge < -0.3 is 9.84 Å². The molecule has 1 aromatic carbocycles. The van der Waals surface area contributed by atoms with Crippen LogP contribution in [0.25, 0.3) is 0 Å². The van der Waals surface area contributed by atoms with Gasteiger partial charge in [0.15, 0.2) is 0 Å². The summed E-state index contributed by atoms with van der Waals surface area (Å²) in [5.74, 6) is -0.201. The zero-order valence-corrected chi connectivity index (χ0v) is 10.7. The Labute approximate surface area is 110 Å². The van der Waals surface area contributed by atoms with Crippen LogP contribution in [-0.4, -0.2) is 17.6 Å². The molecule has 2 atom stereocenters. The molecule has 0 radical (unpaired) electrons. The molecule has 1 N–H and O–H groups in total. The van der Waals surface area contributed by atoms with E-state index in [0.29, 0.717) is 0 Å². The molecular weight excluding hydrogens is 257 g/mol. The molecule has 19 heavy (non-hydrogen) atoms. The largest absolute Gasteiger partial charge is 0.573 e. The summed E-state index contributed by atoms with van der Waals surface area (Å²) in [5.41, 5.74) is 0.998. The molecule has 1 aromatic rings. The number of hydrogen-bond acceptors (Lipinski definition) is 2. The van der Waals surface area contributed by atoms with Gasteiger partial charge in [-0.1, -0.05) is 19.1 Å². The van der Waals surface area contributed by atoms with E-state index in [-0.39, 0.29) is 17.3 Å². The fourth-order valence-corrected chi connectivity index (χ4v) is 2.75. The number of rotatable bonds is 3. The Hall–Kier alpha value is -1.23. The minimum atomic E-state index is -4.65. The number of hydrogen-bond donors (Lipinski definition) is 1. The van der Waals surface area contributed by atoms with Gasteiger partial charge in [-0.2, -0.15) is 0 Å². The molecule has 5 heteroatoms. The quantitative estimate of drug-likeness (QED) is 0.911. The molecule has 0 heterocycles. The second kappa shape index (κ2) is 5.04. The molecule has 1 aliphatic carbocycles. The maximum atomic E-state index is 12.0. The SMILES string of the molecule is CC1(Cc2ccc(OC(F)(F)F)cc2)CCC(O)C1. The topological polar surface area (TPSA) is 29.5 Å². The number of ether oxygens (including phenoxy) is 1. The van der Waals surface area contributed by atoms with Gasteiger partial charge in [-0.15, -0.1) is 13.2 Å². The summed E-state index contributed by atoms with van der Waals surface area (Å²) in [5, 5.41) is 9.57. The predicted octanol–water partition coefficient (Wildman–Crippen LogP) is 3.68. The zero-order chi connectivity index (χ0) is 14.1. The first-order valence-corrected chi connectivity index (χ1v) is 6.29. The molecule has 0 aromatic heterocycles. The fourth-order valence-electron chi connectivity index (χ4n) is 2.75. The molecule has 1 aliphatic rings. The van der Waals surface area contributed by atoms with E-state index in [0.717, 1.165) is 31.2 Å². The highest BCUT2D eigenvalue weighted by Crippen LogP contribution is 2.40. The van der Waals surface area contributed by atoms with Crippen molar-refractivity contribution >= 4 is 0 Å². The van der Waals surface area contributed by atoms with Crippen molar-refractivity contribution in [1.29, 1.82) is 0 Å². The van der Waals surface area contributed by atoms with Crippen molar-refractivity contribution in [2.75, 3.05) is 0 Å². The maximum absolute atomic E-state index is 12.0. The highest BCUT2D eigenvalue weighted by molar-refractivity contribution is 5.28. The summed E-state index contributed by atoms with van der Waals surface area (Å²) in [6.45, 7) is 2.10. The van der Waals surface area contributed by atoms with Crippen molar-refractivity contribution in [3.05, 3.63) is 29.8 Å². The fraction of sp³-hybridized carbons (Fsp3) is 0.571. The van der Waals surface area contributed by atoms with Crippen LogP contribution < -0.4 is 4.74 Å². The predicted molar refractivity (Wildman–Crippen MR) is 64.8 cm³/mol. The summed E-state index contributed by atoms with van der Waals surface area (Å²) in [4.78, 5) is 0. The van der Waals surface area contributed by atoms with E-state index in [9.17, 15) is 18.3 Å². The van der Waals surface area contributed by atoms with Gasteiger partial charge >= 0.3 is 6.36 Å². The highest BCUT2D eigenvalue weighted by atomic mass is 19.4. The summed E-state index contributed by atoms with van der Waals surface area (Å²) >= 11 is 0. The van der Waals surface area contributed by atoms with Crippen LogP contribution in [-0.2, 0) is 6.42 Å². The second-order valence-electron chi connectivity index (χ2n) is 5.58. The Morgan fingerprint density at radius 3 is 2.42 bits per heavy atom. The van der Waals surface area contributed by atoms with Gasteiger partial charge in [-0.25, -0.2) is 0 Å². The molecule has 0 aliphatic heterocycles. The minimum Gasteiger partial charge on any atom is -0.406 e. The second-order valence-corrected chi connectivity index (χ2v) is 5.58. The van der Waals surface area contributed by atoms with Crippen LogP contribution in [0.15, 0.2) is 24.3 Å². The third kappa shape index (κ3) is 4.13. The minimum absolute atomic E-state index is 0.0335. The van der Waals surface area contributed by atoms with Crippen LogP contribution in [0.5, 0.6) is 5.75 Å². The van der Waals surface area contributed by atoms with Gasteiger partial charge in [-0.3, -0.25) is 0 Å². The third-order valence-electron chi connectivity index (χ3n) is 3.60. The van der Waals surface area contributed by atoms with Crippen LogP contribution in [0.4, 0.5) is 13.2 Å². The van der Waals surface area contributed by atoms with E-state index < -0.39 is 6.36 Å². The Morgan fingerprint density at radius 1 is 1.32 bits per heavy atom. The van der Waals surface area contributed by atoms with E-state index in [1.54, 1.807) is 12.1 Å². The Morgan fingerprint density at radius 2 is 1.95 bits per heavy atom. The average Bonchev–Trinajstić information content (AvgIpc) is 2.59. The number of halogens is 3. The van der Waals surface area contributed by atoms with Crippen molar-refractivity contribution in [3.63, 3.8) is 0 Å². The molecular formula is C14H17F3O2. The van der Waals surface area contributed by atoms with Crippen molar-refractivity contribution in [2.45, 2.75) is 45.1 Å². The van der Waals surface area contributed by atoms with E-state index in [2.05, 4.69) is 11.7 Å². The lowest BCUT2D eigenvalue weighted by Gasteiger charge is -2.23. The van der Waals surface area contributed by atoms with Crippen molar-refractivity contribution in [2.24, 2.45) is 5.41 Å². The number of aliphatic hydroxyl groups is 1. The Bertz CT molecular complexity index is 427. The number of aliphatic hydroxyl groups excluding tert-OH is 1. The molecule has 0 spiro atoms. The molecule has 0 amide bonds. The van der Waals surface area contributed by atoms with Gasteiger partial charge in [0.25, 0.3) is 0 Å². The first-order valence-electron chi connectivity index (χ1n) is 6.29. The van der Waals surface area contributed by atoms with Crippen LogP contribution >= 0.6 is 0 Å². The first-order chi connectivity index (χ1) is 8.76. The molecule has 2 nitrogen and oxygen atoms in total. The summed E-state index contributed by atoms with van der Waals surface area (Å²) in [6.07, 6.45) is -1.66. The van der Waals surface area contributed by atoms with E-state index in [1.165, 1.54) is 12.1 Å². The number of alkyl halides is 3. The molecule has 1 saturated carbocycles. The lowest BCUT2D eigenvalue weighted by molar-refractivity contribution is -0.274. The summed E-state index contributed by atoms with van der Waals surface area (Å²) < 4.78 is 39.9. The molecule has 0 saturated heterocycles. The zero-order valence-electron chi connectivity index (χ0n) is 10.7. The molecule has 1 fully saturated rings. The normalized spacial score (nSPS) is 27.5. The van der Waals surface area contributed by atoms with Gasteiger partial charge in [0.2, 0.25) is 0 Å². The lowest BCUT2D eigenvalue weighted by atomic mass is 9.82. The van der Waals surface area contributed by atoms with Crippen molar-refractivity contribution < 1.29 is 23.0 Å². The summed E-state index contributed by atoms with van der Waals surface area (Å²) in [7, 11) is 0. The summed E-state index contributed by atoms with van der Waals surface area (Å²) in [6, 6.07) is 5.96. The lowest BCUT2D eigenvalue weighted by Crippen LogP contribution is -2.18. The Kier molecular flexibility index (Phi) is 3.76. The Balaban J connectivity index is 1.99. The van der Waals surface area contributed by atoms with Crippen LogP contribution in [0.2, 0.25) is 0 Å². The first kappa shape index (κ1) is 14.2. The van der Waals surface area contributed by atoms with E-state index in [1.807, 2.05) is 0 Å². The van der Waals surface area contributed by atoms with Crippen molar-refractivity contribution in [3.8, 4) is 5.75 Å². The van der Waals surface area contributed by atoms with Gasteiger partial charge in [-0.05, 0) is 48.8 Å². The van der Waals surface area contributed by atoms with Crippen LogP contribution in [0.1, 0.15) is 31.7 Å². The third-order valence-corrected chi connectivity index (χ3v) is 3.60. The highest BCUT2D eigenvalue weighted by Gasteiger charge is 2.34. The standard InChI is InChI=1S/C14H17F3O2/c1-13(7-6-11(18)9-13)8-10-2-4-12(5-3-10)19-14(15,16)17/h2-5,11,18H,6-9H2,1H3. The monoisotopic (exact) mass is 274 g/mol. The van der Waals surface area contributed by atoms with Gasteiger partial charge in [0, 0.05) is 0 Å². The smallest absolute Gasteiger partial charge is 0.406 e. The molecule has 0 bridgehead atoms. The van der Waals surface area contributed by atoms with Gasteiger partial charge in [0.05, 0.1) is 6.10 Å².